The minimum absolute atomic E-state index is 0.458. The molecule has 0 radical (unpaired) electrons. The summed E-state index contributed by atoms with van der Waals surface area (Å²) in [5, 5.41) is 0. The predicted octanol–water partition coefficient (Wildman–Crippen LogP) is 3.17. The van der Waals surface area contributed by atoms with Crippen molar-refractivity contribution in [3.63, 3.8) is 0 Å². The van der Waals surface area contributed by atoms with Crippen molar-refractivity contribution in [3.05, 3.63) is 35.7 Å². The fourth-order valence-corrected chi connectivity index (χ4v) is 2.01. The Morgan fingerprint density at radius 3 is 2.47 bits per heavy atom. The Hall–Kier alpha value is -2.10. The van der Waals surface area contributed by atoms with Crippen LogP contribution in [-0.2, 0) is 0 Å². The lowest BCUT2D eigenvalue weighted by Gasteiger charge is -2.12. The minimum atomic E-state index is 0.458. The molecule has 1 heterocycles. The Bertz CT molecular complexity index is 574. The summed E-state index contributed by atoms with van der Waals surface area (Å²) in [4.78, 5) is 8.50. The molecule has 0 bridgehead atoms. The maximum atomic E-state index is 5.77. The Kier molecular flexibility index (Phi) is 3.69. The van der Waals surface area contributed by atoms with Crippen molar-refractivity contribution in [2.24, 2.45) is 0 Å². The van der Waals surface area contributed by atoms with Crippen molar-refractivity contribution < 1.29 is 4.74 Å². The third-order valence-corrected chi connectivity index (χ3v) is 3.03. The van der Waals surface area contributed by atoms with Gasteiger partial charge in [0, 0.05) is 11.6 Å². The van der Waals surface area contributed by atoms with E-state index in [1.54, 1.807) is 13.2 Å². The smallest absolute Gasteiger partial charge is 0.128 e. The van der Waals surface area contributed by atoms with Crippen LogP contribution in [0.2, 0.25) is 0 Å². The number of nitrogen functional groups attached to an aromatic ring is 1. The van der Waals surface area contributed by atoms with Crippen LogP contribution in [0.5, 0.6) is 5.75 Å². The van der Waals surface area contributed by atoms with Crippen molar-refractivity contribution in [2.45, 2.75) is 26.7 Å². The summed E-state index contributed by atoms with van der Waals surface area (Å²) >= 11 is 0. The summed E-state index contributed by atoms with van der Waals surface area (Å²) in [5.74, 6) is 2.39. The van der Waals surface area contributed by atoms with Crippen LogP contribution in [0.4, 0.5) is 5.82 Å². The van der Waals surface area contributed by atoms with Gasteiger partial charge in [-0.1, -0.05) is 19.9 Å². The molecule has 0 aliphatic heterocycles. The lowest BCUT2D eigenvalue weighted by molar-refractivity contribution is 0.415. The molecule has 4 heteroatoms. The number of anilines is 1. The number of nitrogens with two attached hydrogens (primary N) is 1. The highest BCUT2D eigenvalue weighted by molar-refractivity contribution is 5.69. The molecule has 19 heavy (non-hydrogen) atoms. The lowest BCUT2D eigenvalue weighted by atomic mass is 9.99. The largest absolute Gasteiger partial charge is 0.496 e. The van der Waals surface area contributed by atoms with Gasteiger partial charge in [0.2, 0.25) is 0 Å². The van der Waals surface area contributed by atoms with Crippen LogP contribution in [0.25, 0.3) is 11.3 Å². The van der Waals surface area contributed by atoms with E-state index in [4.69, 9.17) is 10.5 Å². The van der Waals surface area contributed by atoms with Gasteiger partial charge in [-0.15, -0.1) is 0 Å². The average molecular weight is 257 g/mol. The molecule has 0 unspecified atom stereocenters. The number of methoxy groups -OCH3 is 1. The van der Waals surface area contributed by atoms with Gasteiger partial charge < -0.3 is 10.5 Å². The first-order valence-electron chi connectivity index (χ1n) is 6.30. The highest BCUT2D eigenvalue weighted by Gasteiger charge is 2.11. The lowest BCUT2D eigenvalue weighted by Crippen LogP contribution is -1.99. The molecule has 0 saturated carbocycles. The van der Waals surface area contributed by atoms with E-state index in [0.717, 1.165) is 17.0 Å². The number of aromatic nitrogens is 2. The zero-order valence-corrected chi connectivity index (χ0v) is 11.8. The molecule has 0 atom stereocenters. The van der Waals surface area contributed by atoms with E-state index in [-0.39, 0.29) is 0 Å². The second-order valence-corrected chi connectivity index (χ2v) is 4.84. The fourth-order valence-electron chi connectivity index (χ4n) is 2.01. The van der Waals surface area contributed by atoms with E-state index in [0.29, 0.717) is 17.6 Å². The second kappa shape index (κ2) is 5.26. The molecule has 2 rings (SSSR count). The molecular weight excluding hydrogens is 238 g/mol. The molecule has 100 valence electrons. The number of hydrogen-bond donors (Lipinski definition) is 1. The molecule has 1 aromatic heterocycles. The summed E-state index contributed by atoms with van der Waals surface area (Å²) in [7, 11) is 1.67. The molecule has 0 fully saturated rings. The number of rotatable bonds is 3. The average Bonchev–Trinajstić information content (AvgIpc) is 2.36. The first kappa shape index (κ1) is 13.3. The highest BCUT2D eigenvalue weighted by Crippen LogP contribution is 2.32. The van der Waals surface area contributed by atoms with E-state index < -0.39 is 0 Å². The first-order valence-corrected chi connectivity index (χ1v) is 6.30. The maximum absolute atomic E-state index is 5.77. The van der Waals surface area contributed by atoms with Gasteiger partial charge in [-0.25, -0.2) is 9.97 Å². The van der Waals surface area contributed by atoms with Crippen LogP contribution in [0, 0.1) is 6.92 Å². The van der Waals surface area contributed by atoms with Crippen LogP contribution in [0.1, 0.15) is 31.2 Å². The normalized spacial score (nSPS) is 10.8. The van der Waals surface area contributed by atoms with Gasteiger partial charge in [-0.05, 0) is 30.5 Å². The van der Waals surface area contributed by atoms with Crippen molar-refractivity contribution in [1.29, 1.82) is 0 Å². The van der Waals surface area contributed by atoms with Crippen LogP contribution in [0.3, 0.4) is 0 Å². The van der Waals surface area contributed by atoms with Crippen LogP contribution in [0.15, 0.2) is 24.3 Å². The number of aryl methyl sites for hydroxylation is 1. The molecule has 1 aromatic carbocycles. The molecule has 0 aliphatic rings. The Morgan fingerprint density at radius 2 is 1.89 bits per heavy atom. The molecule has 0 amide bonds. The molecule has 0 spiro atoms. The van der Waals surface area contributed by atoms with E-state index in [2.05, 4.69) is 29.9 Å². The van der Waals surface area contributed by atoms with Gasteiger partial charge in [0.1, 0.15) is 17.4 Å². The zero-order chi connectivity index (χ0) is 14.0. The second-order valence-electron chi connectivity index (χ2n) is 4.84. The minimum Gasteiger partial charge on any atom is -0.496 e. The SMILES string of the molecule is COc1cc(C(C)C)ccc1-c1cc(N)nc(C)n1. The monoisotopic (exact) mass is 257 g/mol. The van der Waals surface area contributed by atoms with Gasteiger partial charge in [-0.2, -0.15) is 0 Å². The predicted molar refractivity (Wildman–Crippen MR) is 77.3 cm³/mol. The standard InChI is InChI=1S/C15H19N3O/c1-9(2)11-5-6-12(14(7-11)19-4)13-8-15(16)18-10(3)17-13/h5-9H,1-4H3,(H2,16,17,18). The first-order chi connectivity index (χ1) is 9.01. The van der Waals surface area contributed by atoms with Crippen molar-refractivity contribution in [1.82, 2.24) is 9.97 Å². The molecule has 2 N–H and O–H groups in total. The van der Waals surface area contributed by atoms with Gasteiger partial charge >= 0.3 is 0 Å². The van der Waals surface area contributed by atoms with Crippen molar-refractivity contribution in [3.8, 4) is 17.0 Å². The van der Waals surface area contributed by atoms with Crippen LogP contribution in [-0.4, -0.2) is 17.1 Å². The number of nitrogens with zero attached hydrogens (tertiary/aromatic N) is 2. The summed E-state index contributed by atoms with van der Waals surface area (Å²) in [6, 6.07) is 7.93. The van der Waals surface area contributed by atoms with E-state index >= 15 is 0 Å². The fraction of sp³-hybridized carbons (Fsp3) is 0.333. The Morgan fingerprint density at radius 1 is 1.16 bits per heavy atom. The topological polar surface area (TPSA) is 61.0 Å². The molecule has 4 nitrogen and oxygen atoms in total. The van der Waals surface area contributed by atoms with Gasteiger partial charge in [-0.3, -0.25) is 0 Å². The number of ether oxygens (including phenoxy) is 1. The third kappa shape index (κ3) is 2.84. The Balaban J connectivity index is 2.55. The molecule has 0 saturated heterocycles. The summed E-state index contributed by atoms with van der Waals surface area (Å²) < 4.78 is 5.47. The summed E-state index contributed by atoms with van der Waals surface area (Å²) in [6.07, 6.45) is 0. The van der Waals surface area contributed by atoms with Crippen LogP contribution < -0.4 is 10.5 Å². The summed E-state index contributed by atoms with van der Waals surface area (Å²) in [6.45, 7) is 6.14. The third-order valence-electron chi connectivity index (χ3n) is 3.03. The van der Waals surface area contributed by atoms with E-state index in [1.165, 1.54) is 5.56 Å². The van der Waals surface area contributed by atoms with E-state index in [9.17, 15) is 0 Å². The van der Waals surface area contributed by atoms with Crippen molar-refractivity contribution in [2.75, 3.05) is 12.8 Å². The maximum Gasteiger partial charge on any atom is 0.128 e. The van der Waals surface area contributed by atoms with Gasteiger partial charge in [0.05, 0.1) is 12.8 Å². The summed E-state index contributed by atoms with van der Waals surface area (Å²) in [5.41, 5.74) is 8.73. The zero-order valence-electron chi connectivity index (χ0n) is 11.8. The number of hydrogen-bond acceptors (Lipinski definition) is 4. The quantitative estimate of drug-likeness (QED) is 0.917. The van der Waals surface area contributed by atoms with Gasteiger partial charge in [0.15, 0.2) is 0 Å². The molecular formula is C15H19N3O. The Labute approximate surface area is 113 Å². The van der Waals surface area contributed by atoms with E-state index in [1.807, 2.05) is 19.1 Å². The molecule has 0 aliphatic carbocycles. The number of benzene rings is 1. The highest BCUT2D eigenvalue weighted by atomic mass is 16.5. The van der Waals surface area contributed by atoms with Crippen molar-refractivity contribution >= 4 is 5.82 Å². The van der Waals surface area contributed by atoms with Gasteiger partial charge in [0.25, 0.3) is 0 Å². The molecule has 2 aromatic rings. The van der Waals surface area contributed by atoms with Crippen LogP contribution >= 0.6 is 0 Å².